The second-order valence-electron chi connectivity index (χ2n) is 8.58. The number of alkyl halides is 3. The maximum absolute atomic E-state index is 12.4. The summed E-state index contributed by atoms with van der Waals surface area (Å²) in [5, 5.41) is 22.8. The normalized spacial score (nSPS) is 10.9. The molecule has 10 nitrogen and oxygen atoms in total. The molecule has 4 rings (SSSR count). The van der Waals surface area contributed by atoms with Gasteiger partial charge in [0.2, 0.25) is 16.9 Å². The number of rotatable bonds is 12. The van der Waals surface area contributed by atoms with Crippen molar-refractivity contribution < 1.29 is 27.5 Å². The van der Waals surface area contributed by atoms with Crippen molar-refractivity contribution in [2.45, 2.75) is 44.9 Å². The number of carbonyl (C=O) groups excluding carboxylic acids is 2. The Morgan fingerprint density at radius 1 is 0.829 bits per heavy atom. The lowest BCUT2D eigenvalue weighted by Crippen LogP contribution is -2.18. The first kappa shape index (κ1) is 31.4. The van der Waals surface area contributed by atoms with Crippen LogP contribution in [0.4, 0.5) is 24.1 Å². The summed E-state index contributed by atoms with van der Waals surface area (Å²) in [5.74, 6) is -0.806. The SMILES string of the molecule is Cl.O=C(Cc1cccc(OC(F)(F)F)c1)Nc1ccc(CCCCc2nnc(NC(=O)Cc3ccccn3)s2)nn1. The van der Waals surface area contributed by atoms with Crippen LogP contribution in [-0.4, -0.2) is 43.6 Å². The third kappa shape index (κ3) is 11.1. The number of aromatic nitrogens is 5. The van der Waals surface area contributed by atoms with Crippen molar-refractivity contribution in [3.8, 4) is 5.75 Å². The van der Waals surface area contributed by atoms with E-state index in [-0.39, 0.29) is 37.0 Å². The largest absolute Gasteiger partial charge is 0.573 e. The monoisotopic (exact) mass is 607 g/mol. The van der Waals surface area contributed by atoms with Crippen LogP contribution in [-0.2, 0) is 35.3 Å². The van der Waals surface area contributed by atoms with Crippen LogP contribution in [0, 0.1) is 0 Å². The molecule has 0 aliphatic heterocycles. The summed E-state index contributed by atoms with van der Waals surface area (Å²) in [7, 11) is 0. The van der Waals surface area contributed by atoms with Crippen LogP contribution < -0.4 is 15.4 Å². The number of nitrogens with one attached hydrogen (secondary N) is 2. The van der Waals surface area contributed by atoms with Gasteiger partial charge in [-0.05, 0) is 61.2 Å². The van der Waals surface area contributed by atoms with Crippen LogP contribution in [0.15, 0.2) is 60.8 Å². The van der Waals surface area contributed by atoms with Gasteiger partial charge in [-0.3, -0.25) is 14.6 Å². The lowest BCUT2D eigenvalue weighted by atomic mass is 10.1. The number of ether oxygens (including phenoxy) is 1. The molecule has 0 fully saturated rings. The summed E-state index contributed by atoms with van der Waals surface area (Å²) in [5.41, 5.74) is 1.78. The lowest BCUT2D eigenvalue weighted by molar-refractivity contribution is -0.274. The van der Waals surface area contributed by atoms with Crippen molar-refractivity contribution in [1.82, 2.24) is 25.4 Å². The van der Waals surface area contributed by atoms with Gasteiger partial charge in [0.1, 0.15) is 10.8 Å². The number of amides is 2. The topological polar surface area (TPSA) is 132 Å². The standard InChI is InChI=1S/C26H24F3N7O3S.ClH/c27-26(28,29)39-20-9-5-6-17(14-20)15-22(37)31-21-12-11-18(33-34-21)7-1-2-10-24-35-36-25(40-24)32-23(38)16-19-8-3-4-13-30-19;/h3-6,8-9,11-14H,1-2,7,10,15-16H2,(H,31,34,37)(H,32,36,38);1H. The van der Waals surface area contributed by atoms with Gasteiger partial charge in [-0.15, -0.1) is 40.9 Å². The average molecular weight is 608 g/mol. The van der Waals surface area contributed by atoms with Gasteiger partial charge in [0, 0.05) is 18.3 Å². The summed E-state index contributed by atoms with van der Waals surface area (Å²) in [6, 6.07) is 14.0. The molecule has 216 valence electrons. The van der Waals surface area contributed by atoms with E-state index >= 15 is 0 Å². The molecule has 0 spiro atoms. The van der Waals surface area contributed by atoms with Crippen molar-refractivity contribution in [2.75, 3.05) is 10.6 Å². The number of hydrogen-bond donors (Lipinski definition) is 2. The molecule has 0 aliphatic rings. The Hall–Kier alpha value is -4.17. The summed E-state index contributed by atoms with van der Waals surface area (Å²) in [4.78, 5) is 28.5. The third-order valence-corrected chi connectivity index (χ3v) is 6.24. The number of hydrogen-bond acceptors (Lipinski definition) is 9. The second-order valence-corrected chi connectivity index (χ2v) is 9.65. The fourth-order valence-electron chi connectivity index (χ4n) is 3.60. The van der Waals surface area contributed by atoms with E-state index in [9.17, 15) is 22.8 Å². The number of anilines is 2. The quantitative estimate of drug-likeness (QED) is 0.216. The zero-order valence-electron chi connectivity index (χ0n) is 21.4. The van der Waals surface area contributed by atoms with E-state index in [4.69, 9.17) is 0 Å². The van der Waals surface area contributed by atoms with Gasteiger partial charge in [-0.2, -0.15) is 5.10 Å². The molecule has 41 heavy (non-hydrogen) atoms. The Morgan fingerprint density at radius 2 is 1.63 bits per heavy atom. The van der Waals surface area contributed by atoms with Crippen LogP contribution in [0.1, 0.15) is 34.8 Å². The number of nitrogens with zero attached hydrogens (tertiary/aromatic N) is 5. The minimum absolute atomic E-state index is 0. The average Bonchev–Trinajstić information content (AvgIpc) is 3.34. The van der Waals surface area contributed by atoms with Crippen LogP contribution in [0.5, 0.6) is 5.75 Å². The van der Waals surface area contributed by atoms with E-state index in [1.165, 1.54) is 23.5 Å². The molecule has 0 aliphatic carbocycles. The van der Waals surface area contributed by atoms with E-state index in [0.717, 1.165) is 35.7 Å². The van der Waals surface area contributed by atoms with Crippen molar-refractivity contribution in [2.24, 2.45) is 0 Å². The van der Waals surface area contributed by atoms with Crippen molar-refractivity contribution in [3.05, 3.63) is 82.8 Å². The summed E-state index contributed by atoms with van der Waals surface area (Å²) >= 11 is 1.33. The highest BCUT2D eigenvalue weighted by Crippen LogP contribution is 2.23. The van der Waals surface area contributed by atoms with Gasteiger partial charge >= 0.3 is 6.36 Å². The van der Waals surface area contributed by atoms with Crippen molar-refractivity contribution >= 4 is 46.5 Å². The van der Waals surface area contributed by atoms with Crippen LogP contribution >= 0.6 is 23.7 Å². The van der Waals surface area contributed by atoms with Gasteiger partial charge < -0.3 is 15.4 Å². The maximum Gasteiger partial charge on any atom is 0.573 e. The molecule has 0 saturated heterocycles. The van der Waals surface area contributed by atoms with Gasteiger partial charge in [0.05, 0.1) is 18.5 Å². The van der Waals surface area contributed by atoms with E-state index in [0.29, 0.717) is 29.2 Å². The second kappa shape index (κ2) is 15.0. The van der Waals surface area contributed by atoms with Gasteiger partial charge in [0.15, 0.2) is 5.82 Å². The smallest absolute Gasteiger partial charge is 0.406 e. The Bertz CT molecular complexity index is 1420. The number of pyridine rings is 1. The van der Waals surface area contributed by atoms with Crippen molar-refractivity contribution in [3.63, 3.8) is 0 Å². The third-order valence-electron chi connectivity index (χ3n) is 5.34. The Kier molecular flexibility index (Phi) is 11.5. The molecule has 0 bridgehead atoms. The van der Waals surface area contributed by atoms with Gasteiger partial charge in [0.25, 0.3) is 0 Å². The van der Waals surface area contributed by atoms with E-state index in [2.05, 4.69) is 40.7 Å². The summed E-state index contributed by atoms with van der Waals surface area (Å²) < 4.78 is 41.1. The molecule has 2 N–H and O–H groups in total. The minimum atomic E-state index is -4.81. The highest BCUT2D eigenvalue weighted by Gasteiger charge is 2.31. The summed E-state index contributed by atoms with van der Waals surface area (Å²) in [6.07, 6.45) is -0.152. The maximum atomic E-state index is 12.4. The highest BCUT2D eigenvalue weighted by molar-refractivity contribution is 7.15. The Labute approximate surface area is 243 Å². The van der Waals surface area contributed by atoms with E-state index in [1.54, 1.807) is 30.5 Å². The van der Waals surface area contributed by atoms with Crippen LogP contribution in [0.2, 0.25) is 0 Å². The zero-order valence-corrected chi connectivity index (χ0v) is 23.1. The predicted octanol–water partition coefficient (Wildman–Crippen LogP) is 4.97. The number of aryl methyl sites for hydroxylation is 2. The molecule has 2 amide bonds. The number of benzene rings is 1. The first-order chi connectivity index (χ1) is 19.2. The van der Waals surface area contributed by atoms with E-state index < -0.39 is 18.0 Å². The lowest BCUT2D eigenvalue weighted by Gasteiger charge is -2.10. The predicted molar refractivity (Wildman–Crippen MR) is 148 cm³/mol. The first-order valence-corrected chi connectivity index (χ1v) is 13.0. The molecule has 0 radical (unpaired) electrons. The molecule has 0 saturated carbocycles. The highest BCUT2D eigenvalue weighted by atomic mass is 35.5. The fourth-order valence-corrected chi connectivity index (χ4v) is 4.40. The fraction of sp³-hybridized carbons (Fsp3) is 0.269. The Balaban J connectivity index is 0.00000462. The Morgan fingerprint density at radius 3 is 2.37 bits per heavy atom. The zero-order chi connectivity index (χ0) is 28.4. The summed E-state index contributed by atoms with van der Waals surface area (Å²) in [6.45, 7) is 0. The van der Waals surface area contributed by atoms with E-state index in [1.807, 2.05) is 6.07 Å². The van der Waals surface area contributed by atoms with Gasteiger partial charge in [-0.1, -0.05) is 29.5 Å². The molecule has 3 heterocycles. The van der Waals surface area contributed by atoms with Crippen LogP contribution in [0.3, 0.4) is 0 Å². The number of halogens is 4. The molecule has 0 unspecified atom stereocenters. The molecular weight excluding hydrogens is 583 g/mol. The molecule has 1 aromatic carbocycles. The molecule has 4 aromatic rings. The minimum Gasteiger partial charge on any atom is -0.406 e. The molecule has 0 atom stereocenters. The van der Waals surface area contributed by atoms with Crippen LogP contribution in [0.25, 0.3) is 0 Å². The molecule has 3 aromatic heterocycles. The number of unbranched alkanes of at least 4 members (excludes halogenated alkanes) is 1. The van der Waals surface area contributed by atoms with Crippen molar-refractivity contribution in [1.29, 1.82) is 0 Å². The molecule has 15 heteroatoms. The number of carbonyl (C=O) groups is 2. The molecular formula is C26H25ClF3N7O3S. The first-order valence-electron chi connectivity index (χ1n) is 12.2. The van der Waals surface area contributed by atoms with Gasteiger partial charge in [-0.25, -0.2) is 0 Å².